The van der Waals surface area contributed by atoms with Gasteiger partial charge in [0.05, 0.1) is 12.0 Å². The Labute approximate surface area is 153 Å². The maximum Gasteiger partial charge on any atom is 0.244 e. The summed E-state index contributed by atoms with van der Waals surface area (Å²) in [4.78, 5) is 12.7. The van der Waals surface area contributed by atoms with Gasteiger partial charge in [0.25, 0.3) is 0 Å². The Kier molecular flexibility index (Phi) is 5.02. The molecule has 1 heterocycles. The number of ether oxygens (including phenoxy) is 1. The van der Waals surface area contributed by atoms with E-state index in [1.807, 2.05) is 25.1 Å². The van der Waals surface area contributed by atoms with Gasteiger partial charge in [0.2, 0.25) is 15.9 Å². The summed E-state index contributed by atoms with van der Waals surface area (Å²) in [6.07, 6.45) is 0. The van der Waals surface area contributed by atoms with Crippen molar-refractivity contribution in [1.29, 1.82) is 0 Å². The van der Waals surface area contributed by atoms with Gasteiger partial charge in [-0.1, -0.05) is 29.8 Å². The normalized spacial score (nSPS) is 18.4. The summed E-state index contributed by atoms with van der Waals surface area (Å²) in [6, 6.07) is 11.3. The summed E-state index contributed by atoms with van der Waals surface area (Å²) in [5.74, 6) is 0.282. The molecule has 0 spiro atoms. The molecule has 0 aromatic heterocycles. The molecule has 1 amide bonds. The van der Waals surface area contributed by atoms with Gasteiger partial charge in [-0.2, -0.15) is 4.31 Å². The van der Waals surface area contributed by atoms with Crippen molar-refractivity contribution >= 4 is 15.9 Å². The molecule has 2 aromatic carbocycles. The summed E-state index contributed by atoms with van der Waals surface area (Å²) in [5.41, 5.74) is 2.22. The first-order valence-electron chi connectivity index (χ1n) is 8.35. The Morgan fingerprint density at radius 2 is 1.92 bits per heavy atom. The van der Waals surface area contributed by atoms with Crippen LogP contribution in [-0.4, -0.2) is 38.8 Å². The van der Waals surface area contributed by atoms with Crippen molar-refractivity contribution in [3.05, 3.63) is 59.2 Å². The van der Waals surface area contributed by atoms with Crippen LogP contribution < -0.4 is 10.1 Å². The average Bonchev–Trinajstić information content (AvgIpc) is 2.61. The number of methoxy groups -OCH3 is 1. The lowest BCUT2D eigenvalue weighted by Gasteiger charge is -2.34. The Morgan fingerprint density at radius 1 is 1.15 bits per heavy atom. The molecule has 1 atom stereocenters. The van der Waals surface area contributed by atoms with E-state index in [-0.39, 0.29) is 23.9 Å². The van der Waals surface area contributed by atoms with Crippen LogP contribution in [0.15, 0.2) is 47.4 Å². The highest BCUT2D eigenvalue weighted by molar-refractivity contribution is 7.89. The smallest absolute Gasteiger partial charge is 0.244 e. The first kappa shape index (κ1) is 18.4. The number of benzene rings is 2. The van der Waals surface area contributed by atoms with Crippen LogP contribution in [0.25, 0.3) is 0 Å². The zero-order chi connectivity index (χ0) is 18.9. The standard InChI is InChI=1S/C19H22N2O4S/c1-13-5-4-6-15(11-13)18-19(22)20-9-10-21(18)26(23,24)17-8-7-16(25-3)12-14(17)2/h4-8,11-12,18H,9-10H2,1-3H3,(H,20,22). The van der Waals surface area contributed by atoms with Crippen LogP contribution >= 0.6 is 0 Å². The predicted octanol–water partition coefficient (Wildman–Crippen LogP) is 2.17. The van der Waals surface area contributed by atoms with E-state index in [0.717, 1.165) is 5.56 Å². The molecule has 2 aromatic rings. The lowest BCUT2D eigenvalue weighted by molar-refractivity contribution is -0.126. The minimum absolute atomic E-state index is 0.186. The number of amides is 1. The van der Waals surface area contributed by atoms with E-state index in [9.17, 15) is 13.2 Å². The van der Waals surface area contributed by atoms with E-state index in [2.05, 4.69) is 5.32 Å². The van der Waals surface area contributed by atoms with Crippen molar-refractivity contribution in [2.75, 3.05) is 20.2 Å². The van der Waals surface area contributed by atoms with Gasteiger partial charge in [0, 0.05) is 13.1 Å². The molecule has 1 saturated heterocycles. The first-order valence-corrected chi connectivity index (χ1v) is 9.79. The molecule has 1 aliphatic rings. The molecule has 6 nitrogen and oxygen atoms in total. The van der Waals surface area contributed by atoms with Gasteiger partial charge in [-0.15, -0.1) is 0 Å². The van der Waals surface area contributed by atoms with Gasteiger partial charge in [-0.05, 0) is 43.2 Å². The monoisotopic (exact) mass is 374 g/mol. The molecule has 0 bridgehead atoms. The summed E-state index contributed by atoms with van der Waals surface area (Å²) in [7, 11) is -2.31. The number of hydrogen-bond acceptors (Lipinski definition) is 4. The van der Waals surface area contributed by atoms with Crippen LogP contribution in [-0.2, 0) is 14.8 Å². The average molecular weight is 374 g/mol. The minimum atomic E-state index is -3.84. The van der Waals surface area contributed by atoms with Crippen LogP contribution in [0.4, 0.5) is 0 Å². The lowest BCUT2D eigenvalue weighted by atomic mass is 10.0. The van der Waals surface area contributed by atoms with Gasteiger partial charge in [-0.25, -0.2) is 8.42 Å². The highest BCUT2D eigenvalue weighted by Gasteiger charge is 2.40. The molecule has 26 heavy (non-hydrogen) atoms. The fourth-order valence-corrected chi connectivity index (χ4v) is 5.01. The lowest BCUT2D eigenvalue weighted by Crippen LogP contribution is -2.52. The number of sulfonamides is 1. The molecule has 0 radical (unpaired) electrons. The Bertz CT molecular complexity index is 940. The van der Waals surface area contributed by atoms with E-state index in [0.29, 0.717) is 16.9 Å². The van der Waals surface area contributed by atoms with Crippen molar-refractivity contribution in [2.45, 2.75) is 24.8 Å². The highest BCUT2D eigenvalue weighted by Crippen LogP contribution is 2.32. The molecule has 0 aliphatic carbocycles. The molecule has 1 aliphatic heterocycles. The van der Waals surface area contributed by atoms with Gasteiger partial charge >= 0.3 is 0 Å². The summed E-state index contributed by atoms with van der Waals surface area (Å²) in [5, 5.41) is 2.77. The Balaban J connectivity index is 2.08. The maximum atomic E-state index is 13.3. The predicted molar refractivity (Wildman–Crippen MR) is 98.6 cm³/mol. The zero-order valence-corrected chi connectivity index (χ0v) is 15.8. The van der Waals surface area contributed by atoms with Crippen molar-refractivity contribution in [2.24, 2.45) is 0 Å². The highest BCUT2D eigenvalue weighted by atomic mass is 32.2. The number of aryl methyl sites for hydroxylation is 2. The molecule has 1 N–H and O–H groups in total. The number of rotatable bonds is 4. The summed E-state index contributed by atoms with van der Waals surface area (Å²) in [6.45, 7) is 4.14. The van der Waals surface area contributed by atoms with Gasteiger partial charge in [-0.3, -0.25) is 4.79 Å². The molecular formula is C19H22N2O4S. The molecule has 3 rings (SSSR count). The second-order valence-corrected chi connectivity index (χ2v) is 8.21. The van der Waals surface area contributed by atoms with Crippen LogP contribution in [0.1, 0.15) is 22.7 Å². The number of hydrogen-bond donors (Lipinski definition) is 1. The van der Waals surface area contributed by atoms with E-state index < -0.39 is 16.1 Å². The fourth-order valence-electron chi connectivity index (χ4n) is 3.23. The summed E-state index contributed by atoms with van der Waals surface area (Å²) < 4.78 is 33.1. The molecular weight excluding hydrogens is 352 g/mol. The fraction of sp³-hybridized carbons (Fsp3) is 0.316. The van der Waals surface area contributed by atoms with Crippen LogP contribution in [0.3, 0.4) is 0 Å². The molecule has 138 valence electrons. The number of carbonyl (C=O) groups excluding carboxylic acids is 1. The molecule has 0 saturated carbocycles. The summed E-state index contributed by atoms with van der Waals surface area (Å²) >= 11 is 0. The number of carbonyl (C=O) groups is 1. The van der Waals surface area contributed by atoms with Crippen molar-refractivity contribution in [3.63, 3.8) is 0 Å². The Hall–Kier alpha value is -2.38. The van der Waals surface area contributed by atoms with E-state index in [1.54, 1.807) is 25.1 Å². The van der Waals surface area contributed by atoms with Crippen molar-refractivity contribution in [1.82, 2.24) is 9.62 Å². The zero-order valence-electron chi connectivity index (χ0n) is 15.0. The minimum Gasteiger partial charge on any atom is -0.497 e. The number of nitrogens with one attached hydrogen (secondary N) is 1. The van der Waals surface area contributed by atoms with Crippen molar-refractivity contribution < 1.29 is 17.9 Å². The topological polar surface area (TPSA) is 75.7 Å². The van der Waals surface area contributed by atoms with Gasteiger partial charge < -0.3 is 10.1 Å². The van der Waals surface area contributed by atoms with E-state index in [4.69, 9.17) is 4.74 Å². The van der Waals surface area contributed by atoms with Gasteiger partial charge in [0.15, 0.2) is 0 Å². The number of piperazine rings is 1. The van der Waals surface area contributed by atoms with Crippen molar-refractivity contribution in [3.8, 4) is 5.75 Å². The van der Waals surface area contributed by atoms with Crippen LogP contribution in [0.2, 0.25) is 0 Å². The van der Waals surface area contributed by atoms with Gasteiger partial charge in [0.1, 0.15) is 11.8 Å². The van der Waals surface area contributed by atoms with Crippen LogP contribution in [0.5, 0.6) is 5.75 Å². The third kappa shape index (κ3) is 3.32. The third-order valence-corrected chi connectivity index (χ3v) is 6.52. The van der Waals surface area contributed by atoms with Crippen LogP contribution in [0, 0.1) is 13.8 Å². The second kappa shape index (κ2) is 7.09. The molecule has 1 fully saturated rings. The SMILES string of the molecule is COc1ccc(S(=O)(=O)N2CCNC(=O)C2c2cccc(C)c2)c(C)c1. The molecule has 1 unspecified atom stereocenters. The molecule has 7 heteroatoms. The maximum absolute atomic E-state index is 13.3. The quantitative estimate of drug-likeness (QED) is 0.890. The largest absolute Gasteiger partial charge is 0.497 e. The Morgan fingerprint density at radius 3 is 2.58 bits per heavy atom. The van der Waals surface area contributed by atoms with E-state index >= 15 is 0 Å². The second-order valence-electron chi connectivity index (χ2n) is 6.35. The first-order chi connectivity index (χ1) is 12.3. The third-order valence-electron chi connectivity index (χ3n) is 4.49. The van der Waals surface area contributed by atoms with E-state index in [1.165, 1.54) is 17.5 Å². The number of nitrogens with zero attached hydrogens (tertiary/aromatic N) is 1.